The second-order valence-electron chi connectivity index (χ2n) is 5.62. The molecule has 7 heteroatoms. The van der Waals surface area contributed by atoms with E-state index in [2.05, 4.69) is 5.32 Å². The zero-order valence-electron chi connectivity index (χ0n) is 13.6. The van der Waals surface area contributed by atoms with Crippen molar-refractivity contribution in [1.29, 1.82) is 0 Å². The lowest BCUT2D eigenvalue weighted by molar-refractivity contribution is -0.131. The van der Waals surface area contributed by atoms with Crippen molar-refractivity contribution in [2.75, 3.05) is 26.4 Å². The Morgan fingerprint density at radius 3 is 2.83 bits per heavy atom. The highest BCUT2D eigenvalue weighted by Gasteiger charge is 2.28. The number of primary amides is 1. The molecule has 1 aliphatic rings. The van der Waals surface area contributed by atoms with Gasteiger partial charge in [-0.3, -0.25) is 9.59 Å². The third-order valence-corrected chi connectivity index (χ3v) is 3.64. The highest BCUT2D eigenvalue weighted by molar-refractivity contribution is 5.76. The van der Waals surface area contributed by atoms with Gasteiger partial charge in [-0.25, -0.2) is 0 Å². The Balaban J connectivity index is 1.67. The first-order chi connectivity index (χ1) is 11.6. The smallest absolute Gasteiger partial charge is 0.243 e. The Bertz CT molecular complexity index is 523. The minimum atomic E-state index is -0.523. The van der Waals surface area contributed by atoms with Gasteiger partial charge in [0, 0.05) is 13.0 Å². The Hall–Kier alpha value is -2.12. The molecule has 0 bridgehead atoms. The molecule has 0 aliphatic carbocycles. The number of rotatable bonds is 9. The molecule has 0 saturated carbocycles. The van der Waals surface area contributed by atoms with Gasteiger partial charge in [0.05, 0.1) is 25.4 Å². The van der Waals surface area contributed by atoms with Gasteiger partial charge in [-0.2, -0.15) is 0 Å². The molecule has 0 spiro atoms. The van der Waals surface area contributed by atoms with Crippen LogP contribution in [0.3, 0.4) is 0 Å². The predicted octanol–water partition coefficient (Wildman–Crippen LogP) is 0.621. The Morgan fingerprint density at radius 1 is 1.29 bits per heavy atom. The van der Waals surface area contributed by atoms with E-state index in [0.717, 1.165) is 5.75 Å². The standard InChI is InChI=1S/C17H24N2O5/c18-16(20)12-24-15-8-10-22-11-14(15)19-17(21)7-4-9-23-13-5-2-1-3-6-13/h1-3,5-6,14-15H,4,7-12H2,(H2,18,20)(H,19,21)/t14-,15+/m1/s1. The van der Waals surface area contributed by atoms with Gasteiger partial charge in [0.2, 0.25) is 11.8 Å². The monoisotopic (exact) mass is 336 g/mol. The molecule has 1 saturated heterocycles. The molecule has 0 unspecified atom stereocenters. The van der Waals surface area contributed by atoms with Gasteiger partial charge in [-0.05, 0) is 25.0 Å². The van der Waals surface area contributed by atoms with Crippen LogP contribution in [0, 0.1) is 0 Å². The quantitative estimate of drug-likeness (QED) is 0.644. The van der Waals surface area contributed by atoms with E-state index in [1.165, 1.54) is 0 Å². The molecule has 1 aromatic rings. The normalized spacial score (nSPS) is 20.3. The molecule has 1 fully saturated rings. The van der Waals surface area contributed by atoms with Gasteiger partial charge < -0.3 is 25.3 Å². The van der Waals surface area contributed by atoms with E-state index >= 15 is 0 Å². The van der Waals surface area contributed by atoms with Gasteiger partial charge in [0.1, 0.15) is 12.4 Å². The van der Waals surface area contributed by atoms with Crippen molar-refractivity contribution in [2.45, 2.75) is 31.4 Å². The van der Waals surface area contributed by atoms with Crippen LogP contribution < -0.4 is 15.8 Å². The van der Waals surface area contributed by atoms with E-state index in [1.54, 1.807) is 0 Å². The number of benzene rings is 1. The van der Waals surface area contributed by atoms with Crippen molar-refractivity contribution in [3.8, 4) is 5.75 Å². The summed E-state index contributed by atoms with van der Waals surface area (Å²) in [7, 11) is 0. The largest absolute Gasteiger partial charge is 0.494 e. The van der Waals surface area contributed by atoms with E-state index in [4.69, 9.17) is 19.9 Å². The van der Waals surface area contributed by atoms with E-state index in [9.17, 15) is 9.59 Å². The van der Waals surface area contributed by atoms with E-state index < -0.39 is 5.91 Å². The first kappa shape index (κ1) is 18.2. The summed E-state index contributed by atoms with van der Waals surface area (Å²) in [6.07, 6.45) is 1.33. The maximum atomic E-state index is 12.0. The summed E-state index contributed by atoms with van der Waals surface area (Å²) in [6.45, 7) is 1.23. The van der Waals surface area contributed by atoms with Crippen LogP contribution in [-0.4, -0.2) is 50.4 Å². The van der Waals surface area contributed by atoms with E-state index in [-0.39, 0.29) is 24.7 Å². The van der Waals surface area contributed by atoms with Crippen molar-refractivity contribution < 1.29 is 23.8 Å². The van der Waals surface area contributed by atoms with E-state index in [1.807, 2.05) is 30.3 Å². The molecule has 2 atom stereocenters. The summed E-state index contributed by atoms with van der Waals surface area (Å²) in [4.78, 5) is 22.9. The lowest BCUT2D eigenvalue weighted by atomic mass is 10.1. The molecule has 7 nitrogen and oxygen atoms in total. The maximum Gasteiger partial charge on any atom is 0.243 e. The Morgan fingerprint density at radius 2 is 2.08 bits per heavy atom. The van der Waals surface area contributed by atoms with Gasteiger partial charge >= 0.3 is 0 Å². The molecular weight excluding hydrogens is 312 g/mol. The first-order valence-corrected chi connectivity index (χ1v) is 8.10. The number of amides is 2. The van der Waals surface area contributed by atoms with Crippen molar-refractivity contribution in [3.63, 3.8) is 0 Å². The maximum absolute atomic E-state index is 12.0. The third kappa shape index (κ3) is 6.55. The molecule has 0 radical (unpaired) electrons. The van der Waals surface area contributed by atoms with Crippen molar-refractivity contribution in [2.24, 2.45) is 5.73 Å². The number of ether oxygens (including phenoxy) is 3. The number of para-hydroxylation sites is 1. The number of carbonyl (C=O) groups is 2. The minimum absolute atomic E-state index is 0.0881. The molecule has 0 aromatic heterocycles. The molecule has 24 heavy (non-hydrogen) atoms. The molecule has 1 aromatic carbocycles. The zero-order chi connectivity index (χ0) is 17.2. The molecular formula is C17H24N2O5. The number of nitrogens with two attached hydrogens (primary N) is 1. The van der Waals surface area contributed by atoms with Crippen LogP contribution in [0.4, 0.5) is 0 Å². The summed E-state index contributed by atoms with van der Waals surface area (Å²) in [5.74, 6) is 0.179. The van der Waals surface area contributed by atoms with Crippen molar-refractivity contribution >= 4 is 11.8 Å². The highest BCUT2D eigenvalue weighted by atomic mass is 16.5. The van der Waals surface area contributed by atoms with Crippen LogP contribution in [0.15, 0.2) is 30.3 Å². The molecule has 3 N–H and O–H groups in total. The van der Waals surface area contributed by atoms with Gasteiger partial charge in [0.25, 0.3) is 0 Å². The fourth-order valence-corrected chi connectivity index (χ4v) is 2.46. The van der Waals surface area contributed by atoms with Crippen molar-refractivity contribution in [3.05, 3.63) is 30.3 Å². The number of carbonyl (C=O) groups excluding carboxylic acids is 2. The lowest BCUT2D eigenvalue weighted by Gasteiger charge is -2.31. The molecule has 132 valence electrons. The number of hydrogen-bond donors (Lipinski definition) is 2. The molecule has 2 amide bonds. The lowest BCUT2D eigenvalue weighted by Crippen LogP contribution is -2.51. The predicted molar refractivity (Wildman–Crippen MR) is 87.5 cm³/mol. The van der Waals surface area contributed by atoms with Gasteiger partial charge in [0.15, 0.2) is 0 Å². The fourth-order valence-electron chi connectivity index (χ4n) is 2.46. The SMILES string of the molecule is NC(=O)CO[C@H]1CCOC[C@H]1NC(=O)CCCOc1ccccc1. The van der Waals surface area contributed by atoms with Crippen molar-refractivity contribution in [1.82, 2.24) is 5.32 Å². The topological polar surface area (TPSA) is 99.9 Å². The summed E-state index contributed by atoms with van der Waals surface area (Å²) in [5, 5.41) is 2.89. The van der Waals surface area contributed by atoms with Gasteiger partial charge in [-0.1, -0.05) is 18.2 Å². The van der Waals surface area contributed by atoms with Crippen LogP contribution in [0.25, 0.3) is 0 Å². The highest BCUT2D eigenvalue weighted by Crippen LogP contribution is 2.13. The van der Waals surface area contributed by atoms with Crippen LogP contribution in [0.2, 0.25) is 0 Å². The summed E-state index contributed by atoms with van der Waals surface area (Å²) in [6, 6.07) is 9.21. The van der Waals surface area contributed by atoms with Crippen LogP contribution in [0.5, 0.6) is 5.75 Å². The van der Waals surface area contributed by atoms with E-state index in [0.29, 0.717) is 39.1 Å². The second kappa shape index (κ2) is 9.89. The number of hydrogen-bond acceptors (Lipinski definition) is 5. The van der Waals surface area contributed by atoms with Gasteiger partial charge in [-0.15, -0.1) is 0 Å². The summed E-state index contributed by atoms with van der Waals surface area (Å²) in [5.41, 5.74) is 5.09. The van der Waals surface area contributed by atoms with Crippen LogP contribution in [0.1, 0.15) is 19.3 Å². The Kier molecular flexibility index (Phi) is 7.51. The average molecular weight is 336 g/mol. The first-order valence-electron chi connectivity index (χ1n) is 8.10. The third-order valence-electron chi connectivity index (χ3n) is 3.64. The fraction of sp³-hybridized carbons (Fsp3) is 0.529. The molecule has 2 rings (SSSR count). The minimum Gasteiger partial charge on any atom is -0.494 e. The zero-order valence-corrected chi connectivity index (χ0v) is 13.6. The molecule has 1 heterocycles. The number of nitrogens with one attached hydrogen (secondary N) is 1. The average Bonchev–Trinajstić information content (AvgIpc) is 2.59. The summed E-state index contributed by atoms with van der Waals surface area (Å²) < 4.78 is 16.4. The summed E-state index contributed by atoms with van der Waals surface area (Å²) >= 11 is 0. The van der Waals surface area contributed by atoms with Crippen LogP contribution in [-0.2, 0) is 19.1 Å². The van der Waals surface area contributed by atoms with Crippen LogP contribution >= 0.6 is 0 Å². The molecule has 1 aliphatic heterocycles. The Labute approximate surface area is 141 Å². The second-order valence-corrected chi connectivity index (χ2v) is 5.62.